The third-order valence-corrected chi connectivity index (χ3v) is 14.1. The summed E-state index contributed by atoms with van der Waals surface area (Å²) >= 11 is 1.61. The number of hydrogen-bond donors (Lipinski definition) is 14. The summed E-state index contributed by atoms with van der Waals surface area (Å²) in [4.78, 5) is 1.07. The minimum atomic E-state index is -0.498. The molecule has 3 saturated heterocycles. The second-order valence-corrected chi connectivity index (χ2v) is 19.8. The number of benzene rings is 1. The van der Waals surface area contributed by atoms with Gasteiger partial charge in [-0.05, 0) is 164 Å². The van der Waals surface area contributed by atoms with Gasteiger partial charge in [0, 0.05) is 56.9 Å². The van der Waals surface area contributed by atoms with Crippen molar-refractivity contribution in [3.63, 3.8) is 0 Å². The summed E-state index contributed by atoms with van der Waals surface area (Å²) in [5, 5.41) is 8.72. The minimum absolute atomic E-state index is 0.0768. The molecule has 2 saturated carbocycles. The molecule has 5 heterocycles. The van der Waals surface area contributed by atoms with E-state index < -0.39 is 12.6 Å². The average molecular weight is 1070 g/mol. The van der Waals surface area contributed by atoms with Crippen molar-refractivity contribution >= 4 is 11.3 Å². The SMILES string of the molecule is NC1CCC(N)CC1.NCC1CCC1CN.NCC1OC(c2ccc(F)cc2)OC1CN.NCC1OC(c2ccco2)OC1CN.NCC1OC(c2cccs2)OC1CN.NCCCNCCCCNCCCN. The molecule has 0 spiro atoms. The molecule has 0 radical (unpaired) electrons. The van der Waals surface area contributed by atoms with Gasteiger partial charge in [0.05, 0.1) is 11.1 Å². The quantitative estimate of drug-likeness (QED) is 0.0617. The van der Waals surface area contributed by atoms with Crippen molar-refractivity contribution in [2.24, 2.45) is 80.6 Å². The Morgan fingerprint density at radius 3 is 1.20 bits per heavy atom. The third-order valence-electron chi connectivity index (χ3n) is 13.2. The van der Waals surface area contributed by atoms with Crippen LogP contribution in [-0.4, -0.2) is 140 Å². The Morgan fingerprint density at radius 2 is 0.865 bits per heavy atom. The first-order chi connectivity index (χ1) is 36.0. The van der Waals surface area contributed by atoms with Crippen LogP contribution in [-0.2, 0) is 28.4 Å². The van der Waals surface area contributed by atoms with Crippen molar-refractivity contribution < 1.29 is 37.2 Å². The lowest BCUT2D eigenvalue weighted by molar-refractivity contribution is -0.0804. The van der Waals surface area contributed by atoms with E-state index in [1.54, 1.807) is 41.9 Å². The minimum Gasteiger partial charge on any atom is -0.464 e. The van der Waals surface area contributed by atoms with Gasteiger partial charge in [0.2, 0.25) is 6.29 Å². The number of rotatable bonds is 22. The van der Waals surface area contributed by atoms with Gasteiger partial charge in [-0.15, -0.1) is 11.3 Å². The highest BCUT2D eigenvalue weighted by Crippen LogP contribution is 2.34. The van der Waals surface area contributed by atoms with E-state index in [9.17, 15) is 4.39 Å². The molecule has 5 aliphatic rings. The highest BCUT2D eigenvalue weighted by molar-refractivity contribution is 7.10. The third kappa shape index (κ3) is 24.3. The van der Waals surface area contributed by atoms with Crippen molar-refractivity contribution in [1.82, 2.24) is 10.6 Å². The molecule has 0 amide bonds. The lowest BCUT2D eigenvalue weighted by Gasteiger charge is -2.34. The fraction of sp³-hybridized carbons (Fsp3) is 0.725. The second kappa shape index (κ2) is 39.7. The molecule has 74 heavy (non-hydrogen) atoms. The van der Waals surface area contributed by atoms with E-state index in [1.807, 2.05) is 17.5 Å². The lowest BCUT2D eigenvalue weighted by Crippen LogP contribution is -2.36. The Kier molecular flexibility index (Phi) is 35.2. The van der Waals surface area contributed by atoms with Crippen molar-refractivity contribution in [3.8, 4) is 0 Å². The van der Waals surface area contributed by atoms with Crippen molar-refractivity contribution in [2.45, 2.75) is 132 Å². The van der Waals surface area contributed by atoms with Gasteiger partial charge >= 0.3 is 0 Å². The maximum absolute atomic E-state index is 12.7. The predicted octanol–water partition coefficient (Wildman–Crippen LogP) is 0.742. The molecule has 8 unspecified atom stereocenters. The Labute approximate surface area is 444 Å². The van der Waals surface area contributed by atoms with Crippen molar-refractivity contribution in [3.05, 3.63) is 82.2 Å². The van der Waals surface area contributed by atoms with Gasteiger partial charge in [-0.2, -0.15) is 0 Å². The first-order valence-corrected chi connectivity index (χ1v) is 27.6. The molecule has 3 aliphatic heterocycles. The van der Waals surface area contributed by atoms with Gasteiger partial charge < -0.3 is 112 Å². The number of ether oxygens (including phenoxy) is 6. The van der Waals surface area contributed by atoms with Gasteiger partial charge in [-0.25, -0.2) is 4.39 Å². The highest BCUT2D eigenvalue weighted by Gasteiger charge is 2.38. The molecule has 2 aromatic heterocycles. The summed E-state index contributed by atoms with van der Waals surface area (Å²) in [5.74, 6) is 1.87. The number of nitrogens with one attached hydrogen (secondary N) is 2. The molecule has 26 N–H and O–H groups in total. The van der Waals surface area contributed by atoms with Crippen LogP contribution in [0.5, 0.6) is 0 Å². The van der Waals surface area contributed by atoms with Crippen LogP contribution in [0.25, 0.3) is 0 Å². The zero-order valence-electron chi connectivity index (χ0n) is 43.8. The molecule has 5 fully saturated rings. The molecule has 23 heteroatoms. The van der Waals surface area contributed by atoms with Crippen LogP contribution in [0, 0.1) is 17.7 Å². The summed E-state index contributed by atoms with van der Waals surface area (Å²) in [5.41, 5.74) is 67.0. The number of hydrogen-bond acceptors (Lipinski definition) is 22. The molecular formula is C51H97FN14O7S. The van der Waals surface area contributed by atoms with Crippen LogP contribution < -0.4 is 79.4 Å². The highest BCUT2D eigenvalue weighted by atomic mass is 32.1. The van der Waals surface area contributed by atoms with Crippen LogP contribution >= 0.6 is 11.3 Å². The number of halogens is 1. The number of unbranched alkanes of at least 4 members (excludes halogenated alkanes) is 1. The fourth-order valence-electron chi connectivity index (χ4n) is 8.32. The van der Waals surface area contributed by atoms with E-state index in [-0.39, 0.29) is 48.7 Å². The number of furan rings is 1. The van der Waals surface area contributed by atoms with E-state index in [0.717, 1.165) is 113 Å². The van der Waals surface area contributed by atoms with E-state index in [2.05, 4.69) is 10.6 Å². The summed E-state index contributed by atoms with van der Waals surface area (Å²) in [6.45, 7) is 9.99. The smallest absolute Gasteiger partial charge is 0.218 e. The predicted molar refractivity (Wildman–Crippen MR) is 292 cm³/mol. The maximum Gasteiger partial charge on any atom is 0.218 e. The normalized spacial score (nSPS) is 28.9. The lowest BCUT2D eigenvalue weighted by atomic mass is 9.74. The summed E-state index contributed by atoms with van der Waals surface area (Å²) in [6, 6.07) is 14.4. The van der Waals surface area contributed by atoms with Crippen LogP contribution in [0.3, 0.4) is 0 Å². The van der Waals surface area contributed by atoms with Crippen LogP contribution in [0.2, 0.25) is 0 Å². The average Bonchev–Trinajstić information content (AvgIpc) is 4.29. The molecule has 2 aliphatic carbocycles. The molecule has 8 rings (SSSR count). The van der Waals surface area contributed by atoms with Crippen molar-refractivity contribution in [2.75, 3.05) is 91.6 Å². The Hall–Kier alpha value is -2.67. The molecule has 8 atom stereocenters. The van der Waals surface area contributed by atoms with E-state index in [1.165, 1.54) is 37.8 Å². The first kappa shape index (κ1) is 65.6. The van der Waals surface area contributed by atoms with E-state index in [0.29, 0.717) is 57.1 Å². The van der Waals surface area contributed by atoms with Gasteiger partial charge in [0.1, 0.15) is 42.4 Å². The monoisotopic (exact) mass is 1070 g/mol. The standard InChI is InChI=1S/C11H15FN2O2.C10H26N4.C9H14N2O3.C9H14N2O2S.2C6H14N2/c12-8-3-1-7(2-4-8)11-15-9(5-13)10(6-14)16-11;11-5-3-9-13-7-1-2-8-14-10-4-6-12;10-4-7-8(5-11)14-9(13-7)6-2-1-3-12-6;10-4-6-7(5-11)13-9(12-6)8-2-1-3-14-8;7-3-5-1-2-6(5)4-8;7-5-1-2-6(8)4-3-5/h1-4,9-11H,5-6,13-14H2;13-14H,1-12H2;1-3,7-9H,4-5,10-11H2;1-3,6-7,9H,4-5,10-11H2;2*5-6H,1-4,7-8H2. The topological polar surface area (TPSA) is 405 Å². The summed E-state index contributed by atoms with van der Waals surface area (Å²) in [7, 11) is 0. The Morgan fingerprint density at radius 1 is 0.459 bits per heavy atom. The second-order valence-electron chi connectivity index (χ2n) is 18.8. The molecule has 0 bridgehead atoms. The first-order valence-electron chi connectivity index (χ1n) is 26.7. The Balaban J connectivity index is 0.000000238. The number of thiophene rings is 1. The van der Waals surface area contributed by atoms with E-state index in [4.69, 9.17) is 102 Å². The zero-order chi connectivity index (χ0) is 53.9. The fourth-order valence-corrected chi connectivity index (χ4v) is 9.02. The van der Waals surface area contributed by atoms with Crippen molar-refractivity contribution in [1.29, 1.82) is 0 Å². The molecule has 21 nitrogen and oxygen atoms in total. The van der Waals surface area contributed by atoms with Gasteiger partial charge in [-0.3, -0.25) is 0 Å². The summed E-state index contributed by atoms with van der Waals surface area (Å²) in [6.07, 6.45) is 11.2. The molecule has 426 valence electrons. The van der Waals surface area contributed by atoms with Gasteiger partial charge in [0.15, 0.2) is 18.3 Å². The number of nitrogens with two attached hydrogens (primary N) is 12. The molecular weight excluding hydrogens is 972 g/mol. The van der Waals surface area contributed by atoms with Crippen LogP contribution in [0.4, 0.5) is 4.39 Å². The van der Waals surface area contributed by atoms with Crippen LogP contribution in [0.1, 0.15) is 99.3 Å². The van der Waals surface area contributed by atoms with Gasteiger partial charge in [-0.1, -0.05) is 18.2 Å². The van der Waals surface area contributed by atoms with E-state index >= 15 is 0 Å². The van der Waals surface area contributed by atoms with Gasteiger partial charge in [0.25, 0.3) is 0 Å². The molecule has 3 aromatic rings. The largest absolute Gasteiger partial charge is 0.464 e. The maximum atomic E-state index is 12.7. The van der Waals surface area contributed by atoms with Crippen LogP contribution in [0.15, 0.2) is 64.6 Å². The summed E-state index contributed by atoms with van der Waals surface area (Å²) < 4.78 is 51.4. The zero-order valence-corrected chi connectivity index (χ0v) is 44.6. The molecule has 1 aromatic carbocycles. The Bertz CT molecular complexity index is 1620.